The summed E-state index contributed by atoms with van der Waals surface area (Å²) in [7, 11) is 0. The largest absolute Gasteiger partial charge is 0.470 e. The monoisotopic (exact) mass is 180 g/mol. The number of hydrogen-bond donors (Lipinski definition) is 0. The number of rotatable bonds is 1. The molecule has 4 heteroatoms. The van der Waals surface area contributed by atoms with Crippen molar-refractivity contribution in [2.24, 2.45) is 0 Å². The molecule has 0 N–H and O–H groups in total. The predicted octanol–water partition coefficient (Wildman–Crippen LogP) is 0.968. The zero-order valence-corrected chi connectivity index (χ0v) is 7.78. The molecular weight excluding hydrogens is 168 g/mol. The first-order valence-corrected chi connectivity index (χ1v) is 4.39. The fourth-order valence-corrected chi connectivity index (χ4v) is 1.30. The summed E-state index contributed by atoms with van der Waals surface area (Å²) in [6.45, 7) is 4.66. The van der Waals surface area contributed by atoms with Gasteiger partial charge in [-0.1, -0.05) is 13.8 Å². The number of hydrogen-bond acceptors (Lipinski definition) is 3. The molecule has 2 rings (SSSR count). The maximum absolute atomic E-state index is 11.0. The summed E-state index contributed by atoms with van der Waals surface area (Å²) in [4.78, 5) is 11.0. The highest BCUT2D eigenvalue weighted by Gasteiger charge is 2.19. The van der Waals surface area contributed by atoms with Crippen LogP contribution in [0.5, 0.6) is 5.88 Å². The van der Waals surface area contributed by atoms with Gasteiger partial charge in [-0.2, -0.15) is 5.10 Å². The van der Waals surface area contributed by atoms with Crippen LogP contribution in [0, 0.1) is 0 Å². The van der Waals surface area contributed by atoms with E-state index in [2.05, 4.69) is 18.9 Å². The summed E-state index contributed by atoms with van der Waals surface area (Å²) >= 11 is 0. The number of aromatic nitrogens is 2. The summed E-state index contributed by atoms with van der Waals surface area (Å²) in [6.07, 6.45) is 0. The third kappa shape index (κ3) is 1.43. The molecule has 70 valence electrons. The third-order valence-electron chi connectivity index (χ3n) is 2.06. The van der Waals surface area contributed by atoms with Gasteiger partial charge in [-0.05, 0) is 5.92 Å². The highest BCUT2D eigenvalue weighted by Crippen LogP contribution is 2.21. The molecule has 0 unspecified atom stereocenters. The van der Waals surface area contributed by atoms with Crippen LogP contribution >= 0.6 is 0 Å². The molecule has 1 aliphatic rings. The van der Waals surface area contributed by atoms with Gasteiger partial charge in [0, 0.05) is 6.07 Å². The van der Waals surface area contributed by atoms with Gasteiger partial charge in [0.1, 0.15) is 6.54 Å². The minimum absolute atomic E-state index is 0.0749. The minimum Gasteiger partial charge on any atom is -0.470 e. The number of fused-ring (bicyclic) bond motifs is 1. The number of nitrogens with zero attached hydrogens (tertiary/aromatic N) is 2. The van der Waals surface area contributed by atoms with Crippen LogP contribution in [0.4, 0.5) is 0 Å². The average Bonchev–Trinajstić information content (AvgIpc) is 2.46. The van der Waals surface area contributed by atoms with Crippen molar-refractivity contribution in [3.8, 4) is 5.88 Å². The predicted molar refractivity (Wildman–Crippen MR) is 46.8 cm³/mol. The van der Waals surface area contributed by atoms with Crippen molar-refractivity contribution >= 4 is 5.78 Å². The van der Waals surface area contributed by atoms with Crippen LogP contribution in [0.2, 0.25) is 0 Å². The summed E-state index contributed by atoms with van der Waals surface area (Å²) in [6, 6.07) is 1.90. The third-order valence-corrected chi connectivity index (χ3v) is 2.06. The Balaban J connectivity index is 2.33. The van der Waals surface area contributed by atoms with Crippen LogP contribution in [0.3, 0.4) is 0 Å². The van der Waals surface area contributed by atoms with Crippen molar-refractivity contribution in [3.05, 3.63) is 11.8 Å². The Kier molecular flexibility index (Phi) is 1.83. The Hall–Kier alpha value is -1.32. The second-order valence-electron chi connectivity index (χ2n) is 3.55. The number of ketones is 1. The van der Waals surface area contributed by atoms with Crippen LogP contribution in [-0.2, 0) is 11.3 Å². The van der Waals surface area contributed by atoms with Gasteiger partial charge in [-0.15, -0.1) is 0 Å². The van der Waals surface area contributed by atoms with Gasteiger partial charge < -0.3 is 4.74 Å². The molecule has 0 spiro atoms. The Bertz CT molecular complexity index is 341. The number of carbonyl (C=O) groups is 1. The Morgan fingerprint density at radius 1 is 1.62 bits per heavy atom. The number of carbonyl (C=O) groups excluding carboxylic acids is 1. The molecule has 13 heavy (non-hydrogen) atoms. The van der Waals surface area contributed by atoms with E-state index in [0.29, 0.717) is 18.3 Å². The zero-order valence-electron chi connectivity index (χ0n) is 7.78. The van der Waals surface area contributed by atoms with Crippen molar-refractivity contribution < 1.29 is 9.53 Å². The van der Waals surface area contributed by atoms with Crippen LogP contribution in [0.1, 0.15) is 25.5 Å². The van der Waals surface area contributed by atoms with Crippen molar-refractivity contribution in [2.45, 2.75) is 26.3 Å². The van der Waals surface area contributed by atoms with E-state index in [0.717, 1.165) is 5.69 Å². The van der Waals surface area contributed by atoms with E-state index in [9.17, 15) is 4.79 Å². The van der Waals surface area contributed by atoms with E-state index in [-0.39, 0.29) is 12.4 Å². The first kappa shape index (κ1) is 8.29. The number of ether oxygens (including phenoxy) is 1. The molecule has 0 saturated heterocycles. The van der Waals surface area contributed by atoms with Crippen molar-refractivity contribution in [2.75, 3.05) is 6.61 Å². The van der Waals surface area contributed by atoms with E-state index in [1.165, 1.54) is 0 Å². The van der Waals surface area contributed by atoms with E-state index < -0.39 is 0 Å². The molecule has 4 nitrogen and oxygen atoms in total. The Morgan fingerprint density at radius 3 is 3.08 bits per heavy atom. The molecule has 0 bridgehead atoms. The summed E-state index contributed by atoms with van der Waals surface area (Å²) in [5, 5.41) is 4.27. The highest BCUT2D eigenvalue weighted by molar-refractivity contribution is 5.80. The topological polar surface area (TPSA) is 44.1 Å². The molecule has 1 aromatic heterocycles. The molecule has 0 aliphatic carbocycles. The maximum atomic E-state index is 11.0. The highest BCUT2D eigenvalue weighted by atomic mass is 16.5. The quantitative estimate of drug-likeness (QED) is 0.646. The number of Topliss-reactive ketones (excluding diaryl/α,β-unsaturated/α-hetero) is 1. The van der Waals surface area contributed by atoms with Crippen LogP contribution in [-0.4, -0.2) is 22.2 Å². The van der Waals surface area contributed by atoms with Gasteiger partial charge in [0.15, 0.2) is 12.4 Å². The summed E-state index contributed by atoms with van der Waals surface area (Å²) < 4.78 is 6.84. The standard InChI is InChI=1S/C9H12N2O2/c1-6(2)8-3-9-11(10-8)4-7(12)5-13-9/h3,6H,4-5H2,1-2H3. The Labute approximate surface area is 76.5 Å². The first-order valence-electron chi connectivity index (χ1n) is 4.39. The Morgan fingerprint density at radius 2 is 2.38 bits per heavy atom. The molecule has 0 fully saturated rings. The summed E-state index contributed by atoms with van der Waals surface area (Å²) in [5.41, 5.74) is 0.977. The lowest BCUT2D eigenvalue weighted by atomic mass is 10.1. The lowest BCUT2D eigenvalue weighted by molar-refractivity contribution is -0.123. The maximum Gasteiger partial charge on any atom is 0.212 e. The molecule has 0 aromatic carbocycles. The van der Waals surface area contributed by atoms with Gasteiger partial charge in [0.2, 0.25) is 5.88 Å². The van der Waals surface area contributed by atoms with Crippen molar-refractivity contribution in [1.29, 1.82) is 0 Å². The molecule has 0 radical (unpaired) electrons. The van der Waals surface area contributed by atoms with Crippen LogP contribution < -0.4 is 4.74 Å². The summed E-state index contributed by atoms with van der Waals surface area (Å²) in [5.74, 6) is 1.16. The first-order chi connectivity index (χ1) is 6.16. The van der Waals surface area contributed by atoms with Gasteiger partial charge in [0.05, 0.1) is 5.69 Å². The van der Waals surface area contributed by atoms with Gasteiger partial charge in [-0.3, -0.25) is 4.79 Å². The van der Waals surface area contributed by atoms with Gasteiger partial charge in [0.25, 0.3) is 0 Å². The normalized spacial score (nSPS) is 15.8. The molecule has 1 aromatic rings. The van der Waals surface area contributed by atoms with E-state index >= 15 is 0 Å². The van der Waals surface area contributed by atoms with Crippen molar-refractivity contribution in [3.63, 3.8) is 0 Å². The molecule has 0 atom stereocenters. The average molecular weight is 180 g/mol. The lowest BCUT2D eigenvalue weighted by Crippen LogP contribution is -2.25. The fourth-order valence-electron chi connectivity index (χ4n) is 1.30. The minimum atomic E-state index is 0.0749. The second kappa shape index (κ2) is 2.87. The molecule has 0 amide bonds. The SMILES string of the molecule is CC(C)c1cc2n(n1)CC(=O)CO2. The lowest BCUT2D eigenvalue weighted by Gasteiger charge is -2.12. The van der Waals surface area contributed by atoms with E-state index in [1.54, 1.807) is 4.68 Å². The second-order valence-corrected chi connectivity index (χ2v) is 3.55. The molecule has 2 heterocycles. The van der Waals surface area contributed by atoms with Crippen LogP contribution in [0.15, 0.2) is 6.07 Å². The molecule has 0 saturated carbocycles. The smallest absolute Gasteiger partial charge is 0.212 e. The van der Waals surface area contributed by atoms with E-state index in [1.807, 2.05) is 6.07 Å². The van der Waals surface area contributed by atoms with Gasteiger partial charge >= 0.3 is 0 Å². The van der Waals surface area contributed by atoms with Gasteiger partial charge in [-0.25, -0.2) is 4.68 Å². The van der Waals surface area contributed by atoms with Crippen LogP contribution in [0.25, 0.3) is 0 Å². The molecule has 1 aliphatic heterocycles. The van der Waals surface area contributed by atoms with E-state index in [4.69, 9.17) is 4.74 Å². The fraction of sp³-hybridized carbons (Fsp3) is 0.556. The van der Waals surface area contributed by atoms with Crippen molar-refractivity contribution in [1.82, 2.24) is 9.78 Å². The molecular formula is C9H12N2O2. The zero-order chi connectivity index (χ0) is 9.42.